The van der Waals surface area contributed by atoms with Crippen molar-refractivity contribution in [3.8, 4) is 0 Å². The summed E-state index contributed by atoms with van der Waals surface area (Å²) >= 11 is 0. The minimum absolute atomic E-state index is 0.0204. The molecule has 2 N–H and O–H groups in total. The molecule has 0 aromatic heterocycles. The smallest absolute Gasteiger partial charge is 0.151 e. The van der Waals surface area contributed by atoms with E-state index in [1.54, 1.807) is 0 Å². The number of rotatable bonds is 2. The SMILES string of the molecule is NC=NC=Nc1ccc(F)cc1F. The summed E-state index contributed by atoms with van der Waals surface area (Å²) in [6.07, 6.45) is 2.10. The fraction of sp³-hybridized carbons (Fsp3) is 0. The third-order valence-electron chi connectivity index (χ3n) is 1.26. The summed E-state index contributed by atoms with van der Waals surface area (Å²) in [5.74, 6) is -1.37. The van der Waals surface area contributed by atoms with Gasteiger partial charge in [0.05, 0.1) is 6.34 Å². The highest BCUT2D eigenvalue weighted by atomic mass is 19.1. The molecule has 5 heteroatoms. The van der Waals surface area contributed by atoms with Crippen LogP contribution in [0.3, 0.4) is 0 Å². The van der Waals surface area contributed by atoms with E-state index in [2.05, 4.69) is 9.98 Å². The minimum atomic E-state index is -0.733. The fourth-order valence-corrected chi connectivity index (χ4v) is 0.720. The van der Waals surface area contributed by atoms with Crippen molar-refractivity contribution in [1.82, 2.24) is 0 Å². The Morgan fingerprint density at radius 3 is 2.69 bits per heavy atom. The molecule has 68 valence electrons. The number of hydrogen-bond donors (Lipinski definition) is 1. The van der Waals surface area contributed by atoms with Crippen molar-refractivity contribution in [2.24, 2.45) is 15.7 Å². The van der Waals surface area contributed by atoms with Gasteiger partial charge in [-0.1, -0.05) is 0 Å². The average Bonchev–Trinajstić information content (AvgIpc) is 2.09. The molecule has 1 aromatic rings. The second kappa shape index (κ2) is 4.30. The first-order chi connectivity index (χ1) is 6.24. The van der Waals surface area contributed by atoms with E-state index in [1.807, 2.05) is 0 Å². The maximum absolute atomic E-state index is 12.8. The summed E-state index contributed by atoms with van der Waals surface area (Å²) in [6, 6.07) is 3.08. The van der Waals surface area contributed by atoms with Crippen molar-refractivity contribution < 1.29 is 8.78 Å². The van der Waals surface area contributed by atoms with Gasteiger partial charge >= 0.3 is 0 Å². The van der Waals surface area contributed by atoms with Gasteiger partial charge in [-0.3, -0.25) is 0 Å². The van der Waals surface area contributed by atoms with Crippen LogP contribution in [-0.4, -0.2) is 12.7 Å². The fourth-order valence-electron chi connectivity index (χ4n) is 0.720. The predicted molar refractivity (Wildman–Crippen MR) is 47.2 cm³/mol. The Labute approximate surface area is 73.6 Å². The number of halogens is 2. The highest BCUT2D eigenvalue weighted by molar-refractivity contribution is 5.72. The molecule has 0 aliphatic carbocycles. The number of benzene rings is 1. The first-order valence-electron chi connectivity index (χ1n) is 3.45. The van der Waals surface area contributed by atoms with Gasteiger partial charge in [0.25, 0.3) is 0 Å². The molecule has 0 heterocycles. The lowest BCUT2D eigenvalue weighted by molar-refractivity contribution is 0.585. The lowest BCUT2D eigenvalue weighted by Crippen LogP contribution is -1.87. The standard InChI is InChI=1S/C8H7F2N3/c9-6-1-2-8(7(10)3-6)13-5-12-4-11/h1-5H,(H2,11,12,13). The maximum atomic E-state index is 12.8. The van der Waals surface area contributed by atoms with Crippen LogP contribution in [0.2, 0.25) is 0 Å². The molecule has 0 aliphatic rings. The Bertz CT molecular complexity index is 347. The zero-order valence-corrected chi connectivity index (χ0v) is 6.61. The highest BCUT2D eigenvalue weighted by Gasteiger charge is 2.00. The van der Waals surface area contributed by atoms with E-state index < -0.39 is 11.6 Å². The molecule has 0 spiro atoms. The van der Waals surface area contributed by atoms with E-state index in [0.29, 0.717) is 0 Å². The zero-order chi connectivity index (χ0) is 9.68. The molecule has 3 nitrogen and oxygen atoms in total. The molecule has 0 atom stereocenters. The Balaban J connectivity index is 2.89. The van der Waals surface area contributed by atoms with Crippen LogP contribution in [0.1, 0.15) is 0 Å². The molecular weight excluding hydrogens is 176 g/mol. The van der Waals surface area contributed by atoms with Gasteiger partial charge in [-0.25, -0.2) is 18.8 Å². The van der Waals surface area contributed by atoms with Crippen LogP contribution >= 0.6 is 0 Å². The van der Waals surface area contributed by atoms with Crippen LogP contribution in [0.5, 0.6) is 0 Å². The number of nitrogens with two attached hydrogens (primary N) is 1. The predicted octanol–water partition coefficient (Wildman–Crippen LogP) is 1.61. The van der Waals surface area contributed by atoms with E-state index in [4.69, 9.17) is 5.73 Å². The Kier molecular flexibility index (Phi) is 3.08. The molecule has 1 aromatic carbocycles. The van der Waals surface area contributed by atoms with Crippen LogP contribution < -0.4 is 5.73 Å². The third kappa shape index (κ3) is 2.62. The van der Waals surface area contributed by atoms with E-state index in [9.17, 15) is 8.78 Å². The third-order valence-corrected chi connectivity index (χ3v) is 1.26. The molecular formula is C8H7F2N3. The Hall–Kier alpha value is -1.78. The molecule has 0 unspecified atom stereocenters. The van der Waals surface area contributed by atoms with Crippen LogP contribution in [0.15, 0.2) is 28.2 Å². The molecule has 0 saturated heterocycles. The molecule has 0 fully saturated rings. The van der Waals surface area contributed by atoms with Crippen molar-refractivity contribution in [3.05, 3.63) is 29.8 Å². The molecule has 0 saturated carbocycles. The first kappa shape index (κ1) is 9.31. The van der Waals surface area contributed by atoms with Gasteiger partial charge in [-0.05, 0) is 12.1 Å². The molecule has 0 radical (unpaired) electrons. The molecule has 0 amide bonds. The molecule has 0 aliphatic heterocycles. The van der Waals surface area contributed by atoms with Gasteiger partial charge in [0.1, 0.15) is 17.8 Å². The molecule has 13 heavy (non-hydrogen) atoms. The topological polar surface area (TPSA) is 50.7 Å². The highest BCUT2D eigenvalue weighted by Crippen LogP contribution is 2.17. The van der Waals surface area contributed by atoms with E-state index in [0.717, 1.165) is 24.8 Å². The summed E-state index contributed by atoms with van der Waals surface area (Å²) < 4.78 is 25.2. The van der Waals surface area contributed by atoms with Crippen LogP contribution in [0.4, 0.5) is 14.5 Å². The summed E-state index contributed by atoms with van der Waals surface area (Å²) in [5.41, 5.74) is 4.94. The van der Waals surface area contributed by atoms with Gasteiger partial charge in [0, 0.05) is 6.07 Å². The summed E-state index contributed by atoms with van der Waals surface area (Å²) in [4.78, 5) is 7.02. The summed E-state index contributed by atoms with van der Waals surface area (Å²) in [6.45, 7) is 0. The lowest BCUT2D eigenvalue weighted by Gasteiger charge is -1.94. The number of aliphatic imine (C=N–C) groups is 2. The molecule has 1 rings (SSSR count). The lowest BCUT2D eigenvalue weighted by atomic mass is 10.3. The van der Waals surface area contributed by atoms with Crippen molar-refractivity contribution in [2.45, 2.75) is 0 Å². The monoisotopic (exact) mass is 183 g/mol. The Morgan fingerprint density at radius 1 is 1.31 bits per heavy atom. The van der Waals surface area contributed by atoms with E-state index in [-0.39, 0.29) is 5.69 Å². The van der Waals surface area contributed by atoms with Gasteiger partial charge in [-0.15, -0.1) is 0 Å². The van der Waals surface area contributed by atoms with Crippen LogP contribution in [0, 0.1) is 11.6 Å². The number of hydrogen-bond acceptors (Lipinski definition) is 1. The average molecular weight is 183 g/mol. The van der Waals surface area contributed by atoms with Crippen molar-refractivity contribution >= 4 is 18.4 Å². The van der Waals surface area contributed by atoms with Crippen LogP contribution in [-0.2, 0) is 0 Å². The number of nitrogens with zero attached hydrogens (tertiary/aromatic N) is 2. The minimum Gasteiger partial charge on any atom is -0.390 e. The van der Waals surface area contributed by atoms with Crippen molar-refractivity contribution in [1.29, 1.82) is 0 Å². The molecule has 0 bridgehead atoms. The largest absolute Gasteiger partial charge is 0.390 e. The second-order valence-electron chi connectivity index (χ2n) is 2.14. The Morgan fingerprint density at radius 2 is 2.08 bits per heavy atom. The van der Waals surface area contributed by atoms with Crippen molar-refractivity contribution in [3.63, 3.8) is 0 Å². The maximum Gasteiger partial charge on any atom is 0.151 e. The van der Waals surface area contributed by atoms with E-state index >= 15 is 0 Å². The van der Waals surface area contributed by atoms with Gasteiger partial charge < -0.3 is 5.73 Å². The van der Waals surface area contributed by atoms with Gasteiger partial charge in [-0.2, -0.15) is 0 Å². The summed E-state index contributed by atoms with van der Waals surface area (Å²) in [7, 11) is 0. The quantitative estimate of drug-likeness (QED) is 0.549. The first-order valence-corrected chi connectivity index (χ1v) is 3.45. The second-order valence-corrected chi connectivity index (χ2v) is 2.14. The van der Waals surface area contributed by atoms with Gasteiger partial charge in [0.15, 0.2) is 5.82 Å². The van der Waals surface area contributed by atoms with Crippen molar-refractivity contribution in [2.75, 3.05) is 0 Å². The van der Waals surface area contributed by atoms with Gasteiger partial charge in [0.2, 0.25) is 0 Å². The van der Waals surface area contributed by atoms with Crippen LogP contribution in [0.25, 0.3) is 0 Å². The zero-order valence-electron chi connectivity index (χ0n) is 6.61. The normalized spacial score (nSPS) is 11.5. The summed E-state index contributed by atoms with van der Waals surface area (Å²) in [5, 5.41) is 0. The van der Waals surface area contributed by atoms with E-state index in [1.165, 1.54) is 6.07 Å².